The fraction of sp³-hybridized carbons (Fsp3) is 0.706. The molecule has 2 atom stereocenters. The van der Waals surface area contributed by atoms with E-state index in [1.54, 1.807) is 0 Å². The number of pyridine rings is 1. The van der Waals surface area contributed by atoms with Crippen LogP contribution < -0.4 is 5.32 Å². The largest absolute Gasteiger partial charge is 0.311 e. The van der Waals surface area contributed by atoms with Crippen molar-refractivity contribution in [2.45, 2.75) is 52.7 Å². The van der Waals surface area contributed by atoms with Gasteiger partial charge in [0.05, 0.1) is 0 Å². The Kier molecular flexibility index (Phi) is 6.20. The summed E-state index contributed by atoms with van der Waals surface area (Å²) in [6, 6.07) is 3.40. The monoisotopic (exact) mass is 353 g/mol. The van der Waals surface area contributed by atoms with Gasteiger partial charge in [0.25, 0.3) is 0 Å². The third kappa shape index (κ3) is 5.04. The summed E-state index contributed by atoms with van der Waals surface area (Å²) in [6.45, 7) is 12.5. The van der Waals surface area contributed by atoms with Gasteiger partial charge in [-0.1, -0.05) is 27.7 Å². The van der Waals surface area contributed by atoms with E-state index in [2.05, 4.69) is 64.9 Å². The van der Waals surface area contributed by atoms with Crippen molar-refractivity contribution in [3.05, 3.63) is 28.5 Å². The minimum absolute atomic E-state index is 0.591. The lowest BCUT2D eigenvalue weighted by Gasteiger charge is -2.42. The summed E-state index contributed by atoms with van der Waals surface area (Å²) in [5, 5.41) is 3.73. The zero-order chi connectivity index (χ0) is 15.4. The molecular formula is C17H28BrN3. The van der Waals surface area contributed by atoms with Crippen molar-refractivity contribution in [3.8, 4) is 0 Å². The molecule has 0 bridgehead atoms. The van der Waals surface area contributed by atoms with Gasteiger partial charge in [-0.25, -0.2) is 0 Å². The average Bonchev–Trinajstić information content (AvgIpc) is 2.40. The number of hydrogen-bond acceptors (Lipinski definition) is 3. The number of halogens is 1. The molecule has 1 aliphatic rings. The Balaban J connectivity index is 2.08. The van der Waals surface area contributed by atoms with Crippen LogP contribution in [0.15, 0.2) is 22.9 Å². The topological polar surface area (TPSA) is 28.2 Å². The van der Waals surface area contributed by atoms with Crippen LogP contribution >= 0.6 is 15.9 Å². The first-order valence-corrected chi connectivity index (χ1v) is 8.82. The van der Waals surface area contributed by atoms with Crippen LogP contribution in [0.25, 0.3) is 0 Å². The maximum atomic E-state index is 4.30. The molecular weight excluding hydrogens is 326 g/mol. The predicted octanol–water partition coefficient (Wildman–Crippen LogP) is 3.69. The summed E-state index contributed by atoms with van der Waals surface area (Å²) in [5.74, 6) is 1.41. The highest BCUT2D eigenvalue weighted by molar-refractivity contribution is 9.10. The van der Waals surface area contributed by atoms with E-state index in [1.165, 1.54) is 12.0 Å². The van der Waals surface area contributed by atoms with Gasteiger partial charge in [-0.2, -0.15) is 0 Å². The van der Waals surface area contributed by atoms with Crippen molar-refractivity contribution in [1.29, 1.82) is 0 Å². The van der Waals surface area contributed by atoms with Crippen LogP contribution in [0.2, 0.25) is 0 Å². The Morgan fingerprint density at radius 3 is 2.71 bits per heavy atom. The van der Waals surface area contributed by atoms with Crippen molar-refractivity contribution in [2.75, 3.05) is 13.1 Å². The van der Waals surface area contributed by atoms with Gasteiger partial charge in [-0.15, -0.1) is 0 Å². The molecule has 21 heavy (non-hydrogen) atoms. The first-order chi connectivity index (χ1) is 9.95. The maximum absolute atomic E-state index is 4.30. The van der Waals surface area contributed by atoms with Gasteiger partial charge in [0, 0.05) is 48.6 Å². The van der Waals surface area contributed by atoms with E-state index in [0.29, 0.717) is 18.0 Å². The number of nitrogens with zero attached hydrogens (tertiary/aromatic N) is 2. The van der Waals surface area contributed by atoms with Crippen LogP contribution in [0.1, 0.15) is 39.7 Å². The second kappa shape index (κ2) is 7.70. The van der Waals surface area contributed by atoms with Crippen molar-refractivity contribution < 1.29 is 0 Å². The number of rotatable bonds is 5. The molecule has 0 spiro atoms. The molecule has 1 fully saturated rings. The molecule has 1 saturated heterocycles. The first-order valence-electron chi connectivity index (χ1n) is 8.02. The zero-order valence-corrected chi connectivity index (χ0v) is 15.2. The highest BCUT2D eigenvalue weighted by Gasteiger charge is 2.29. The average molecular weight is 354 g/mol. The van der Waals surface area contributed by atoms with Gasteiger partial charge in [0.15, 0.2) is 0 Å². The molecule has 0 aromatic carbocycles. The number of hydrogen-bond donors (Lipinski definition) is 1. The Morgan fingerprint density at radius 1 is 1.33 bits per heavy atom. The summed E-state index contributed by atoms with van der Waals surface area (Å²) in [4.78, 5) is 6.94. The van der Waals surface area contributed by atoms with Crippen LogP contribution in [-0.2, 0) is 6.54 Å². The smallest absolute Gasteiger partial charge is 0.0410 e. The Labute approximate surface area is 137 Å². The van der Waals surface area contributed by atoms with E-state index in [0.717, 1.165) is 30.0 Å². The standard InChI is InChI=1S/C17H28BrN3/c1-12(2)5-16-9-20-17(13(3)4)11-21(16)10-14-6-15(18)8-19-7-14/h6-8,12-13,16-17,20H,5,9-11H2,1-4H3. The summed E-state index contributed by atoms with van der Waals surface area (Å²) in [5.41, 5.74) is 1.29. The fourth-order valence-corrected chi connectivity index (χ4v) is 3.49. The molecule has 0 aliphatic carbocycles. The lowest BCUT2D eigenvalue weighted by Crippen LogP contribution is -2.57. The minimum atomic E-state index is 0.591. The molecule has 2 rings (SSSR count). The maximum Gasteiger partial charge on any atom is 0.0410 e. The molecule has 1 N–H and O–H groups in total. The van der Waals surface area contributed by atoms with Crippen LogP contribution in [0.4, 0.5) is 0 Å². The molecule has 1 aliphatic heterocycles. The molecule has 2 heterocycles. The van der Waals surface area contributed by atoms with Crippen LogP contribution in [0, 0.1) is 11.8 Å². The second-order valence-corrected chi connectivity index (χ2v) is 7.90. The summed E-state index contributed by atoms with van der Waals surface area (Å²) >= 11 is 3.52. The van der Waals surface area contributed by atoms with Crippen LogP contribution in [0.5, 0.6) is 0 Å². The summed E-state index contributed by atoms with van der Waals surface area (Å²) < 4.78 is 1.07. The number of aromatic nitrogens is 1. The van der Waals surface area contributed by atoms with Gasteiger partial charge in [-0.05, 0) is 45.8 Å². The van der Waals surface area contributed by atoms with Crippen molar-refractivity contribution in [2.24, 2.45) is 11.8 Å². The Morgan fingerprint density at radius 2 is 2.10 bits per heavy atom. The highest BCUT2D eigenvalue weighted by Crippen LogP contribution is 2.21. The van der Waals surface area contributed by atoms with Gasteiger partial charge >= 0.3 is 0 Å². The number of piperazine rings is 1. The van der Waals surface area contributed by atoms with Crippen molar-refractivity contribution >= 4 is 15.9 Å². The Hall–Kier alpha value is -0.450. The molecule has 0 amide bonds. The quantitative estimate of drug-likeness (QED) is 0.874. The van der Waals surface area contributed by atoms with Crippen molar-refractivity contribution in [3.63, 3.8) is 0 Å². The third-order valence-electron chi connectivity index (χ3n) is 4.26. The van der Waals surface area contributed by atoms with Crippen molar-refractivity contribution in [1.82, 2.24) is 15.2 Å². The van der Waals surface area contributed by atoms with Gasteiger partial charge in [0.2, 0.25) is 0 Å². The third-order valence-corrected chi connectivity index (χ3v) is 4.69. The van der Waals surface area contributed by atoms with E-state index in [1.807, 2.05) is 12.4 Å². The highest BCUT2D eigenvalue weighted by atomic mass is 79.9. The zero-order valence-electron chi connectivity index (χ0n) is 13.6. The molecule has 0 saturated carbocycles. The minimum Gasteiger partial charge on any atom is -0.311 e. The summed E-state index contributed by atoms with van der Waals surface area (Å²) in [7, 11) is 0. The van der Waals surface area contributed by atoms with Gasteiger partial charge < -0.3 is 5.32 Å². The molecule has 1 aromatic rings. The molecule has 1 aromatic heterocycles. The normalized spacial score (nSPS) is 24.0. The molecule has 3 nitrogen and oxygen atoms in total. The van der Waals surface area contributed by atoms with E-state index >= 15 is 0 Å². The number of nitrogens with one attached hydrogen (secondary N) is 1. The predicted molar refractivity (Wildman–Crippen MR) is 92.2 cm³/mol. The van der Waals surface area contributed by atoms with Crippen LogP contribution in [0.3, 0.4) is 0 Å². The first kappa shape index (κ1) is 16.9. The summed E-state index contributed by atoms with van der Waals surface area (Å²) in [6.07, 6.45) is 5.09. The van der Waals surface area contributed by atoms with E-state index in [-0.39, 0.29) is 0 Å². The lowest BCUT2D eigenvalue weighted by molar-refractivity contribution is 0.0923. The SMILES string of the molecule is CC(C)CC1CNC(C(C)C)CN1Cc1cncc(Br)c1. The fourth-order valence-electron chi connectivity index (χ4n) is 3.08. The van der Waals surface area contributed by atoms with Gasteiger partial charge in [0.1, 0.15) is 0 Å². The van der Waals surface area contributed by atoms with E-state index in [9.17, 15) is 0 Å². The molecule has 0 radical (unpaired) electrons. The lowest BCUT2D eigenvalue weighted by atomic mass is 9.94. The second-order valence-electron chi connectivity index (χ2n) is 6.98. The molecule has 4 heteroatoms. The molecule has 118 valence electrons. The Bertz CT molecular complexity index is 447. The molecule has 2 unspecified atom stereocenters. The van der Waals surface area contributed by atoms with E-state index < -0.39 is 0 Å². The van der Waals surface area contributed by atoms with Gasteiger partial charge in [-0.3, -0.25) is 9.88 Å². The van der Waals surface area contributed by atoms with E-state index in [4.69, 9.17) is 0 Å². The van der Waals surface area contributed by atoms with Crippen LogP contribution in [-0.4, -0.2) is 35.1 Å².